The van der Waals surface area contributed by atoms with Gasteiger partial charge in [-0.25, -0.2) is 13.6 Å². The van der Waals surface area contributed by atoms with Gasteiger partial charge >= 0.3 is 0 Å². The van der Waals surface area contributed by atoms with Crippen LogP contribution in [0.4, 0.5) is 0 Å². The van der Waals surface area contributed by atoms with Crippen molar-refractivity contribution in [3.63, 3.8) is 0 Å². The molecule has 1 fully saturated rings. The number of carbonyl (C=O) groups excluding carboxylic acids is 1. The third-order valence-corrected chi connectivity index (χ3v) is 6.02. The van der Waals surface area contributed by atoms with Gasteiger partial charge in [-0.2, -0.15) is 0 Å². The highest BCUT2D eigenvalue weighted by atomic mass is 32.2. The normalized spacial score (nSPS) is 15.3. The minimum atomic E-state index is -3.67. The summed E-state index contributed by atoms with van der Waals surface area (Å²) < 4.78 is 22.5. The van der Waals surface area contributed by atoms with Gasteiger partial charge in [0, 0.05) is 13.0 Å². The Hall–Kier alpha value is -2.18. The number of nitrogens with one attached hydrogen (secondary N) is 1. The summed E-state index contributed by atoms with van der Waals surface area (Å²) in [5, 5.41) is 8.08. The van der Waals surface area contributed by atoms with Crippen LogP contribution in [0.3, 0.4) is 0 Å². The average molecular weight is 387 g/mol. The first-order valence-electron chi connectivity index (χ1n) is 9.28. The summed E-state index contributed by atoms with van der Waals surface area (Å²) >= 11 is 0. The van der Waals surface area contributed by atoms with Crippen molar-refractivity contribution < 1.29 is 13.2 Å². The van der Waals surface area contributed by atoms with Crippen LogP contribution in [0.2, 0.25) is 0 Å². The van der Waals surface area contributed by atoms with Gasteiger partial charge in [-0.1, -0.05) is 42.0 Å². The number of hydrogen-bond donors (Lipinski definition) is 2. The largest absolute Gasteiger partial charge is 0.356 e. The monoisotopic (exact) mass is 386 g/mol. The van der Waals surface area contributed by atoms with Crippen LogP contribution in [-0.2, 0) is 21.2 Å². The van der Waals surface area contributed by atoms with Crippen molar-refractivity contribution in [1.82, 2.24) is 5.32 Å². The molecule has 2 aromatic carbocycles. The van der Waals surface area contributed by atoms with Gasteiger partial charge in [0.2, 0.25) is 15.9 Å². The van der Waals surface area contributed by atoms with E-state index in [1.165, 1.54) is 36.1 Å². The van der Waals surface area contributed by atoms with E-state index < -0.39 is 10.0 Å². The van der Waals surface area contributed by atoms with Crippen molar-refractivity contribution >= 4 is 15.9 Å². The molecule has 0 saturated heterocycles. The van der Waals surface area contributed by atoms with E-state index in [0.29, 0.717) is 31.2 Å². The summed E-state index contributed by atoms with van der Waals surface area (Å²) in [6.07, 6.45) is 3.55. The number of aryl methyl sites for hydroxylation is 1. The van der Waals surface area contributed by atoms with Crippen molar-refractivity contribution in [3.05, 3.63) is 65.2 Å². The van der Waals surface area contributed by atoms with Crippen LogP contribution in [0.1, 0.15) is 41.9 Å². The Balaban J connectivity index is 1.50. The number of carbonyl (C=O) groups is 1. The van der Waals surface area contributed by atoms with Crippen molar-refractivity contribution in [2.45, 2.75) is 43.4 Å². The lowest BCUT2D eigenvalue weighted by atomic mass is 9.90. The lowest BCUT2D eigenvalue weighted by Gasteiger charge is -2.17. The molecule has 5 nitrogen and oxygen atoms in total. The highest BCUT2D eigenvalue weighted by Gasteiger charge is 2.33. The van der Waals surface area contributed by atoms with Gasteiger partial charge in [0.25, 0.3) is 0 Å². The van der Waals surface area contributed by atoms with E-state index in [9.17, 15) is 13.2 Å². The smallest absolute Gasteiger partial charge is 0.238 e. The van der Waals surface area contributed by atoms with Gasteiger partial charge in [0.05, 0.1) is 4.90 Å². The molecule has 3 rings (SSSR count). The first kappa shape index (κ1) is 19.6. The molecule has 1 saturated carbocycles. The van der Waals surface area contributed by atoms with Crippen molar-refractivity contribution in [2.75, 3.05) is 6.54 Å². The lowest BCUT2D eigenvalue weighted by molar-refractivity contribution is -0.121. The van der Waals surface area contributed by atoms with Gasteiger partial charge in [-0.05, 0) is 61.3 Å². The molecule has 0 aromatic heterocycles. The Labute approximate surface area is 161 Å². The van der Waals surface area contributed by atoms with E-state index in [0.717, 1.165) is 5.56 Å². The number of amides is 1. The van der Waals surface area contributed by atoms with Crippen LogP contribution in [0.15, 0.2) is 53.4 Å². The SMILES string of the molecule is Cc1ccc(C(CC(=O)NCCc2ccc(S(N)(=O)=O)cc2)C2CC2)cc1. The molecule has 2 aromatic rings. The molecule has 1 atom stereocenters. The molecule has 1 aliphatic carbocycles. The highest BCUT2D eigenvalue weighted by molar-refractivity contribution is 7.89. The molecule has 0 radical (unpaired) electrons. The molecule has 0 heterocycles. The molecule has 27 heavy (non-hydrogen) atoms. The average Bonchev–Trinajstić information content (AvgIpc) is 3.45. The Bertz CT molecular complexity index is 886. The zero-order valence-corrected chi connectivity index (χ0v) is 16.3. The van der Waals surface area contributed by atoms with Crippen molar-refractivity contribution in [1.29, 1.82) is 0 Å². The van der Waals surface area contributed by atoms with Gasteiger partial charge in [-0.3, -0.25) is 4.79 Å². The molecule has 0 spiro atoms. The van der Waals surface area contributed by atoms with Crippen LogP contribution in [0, 0.1) is 12.8 Å². The maximum absolute atomic E-state index is 12.4. The summed E-state index contributed by atoms with van der Waals surface area (Å²) in [4.78, 5) is 12.5. The second-order valence-corrected chi connectivity index (χ2v) is 8.91. The molecular formula is C21H26N2O3S. The van der Waals surface area contributed by atoms with Crippen LogP contribution in [-0.4, -0.2) is 20.9 Å². The van der Waals surface area contributed by atoms with Gasteiger partial charge < -0.3 is 5.32 Å². The Morgan fingerprint density at radius 2 is 1.74 bits per heavy atom. The van der Waals surface area contributed by atoms with Crippen LogP contribution >= 0.6 is 0 Å². The minimum Gasteiger partial charge on any atom is -0.356 e. The first-order valence-corrected chi connectivity index (χ1v) is 10.8. The highest BCUT2D eigenvalue weighted by Crippen LogP contribution is 2.44. The summed E-state index contributed by atoms with van der Waals surface area (Å²) in [6, 6.07) is 14.9. The topological polar surface area (TPSA) is 89.3 Å². The fraction of sp³-hybridized carbons (Fsp3) is 0.381. The quantitative estimate of drug-likeness (QED) is 0.731. The number of rotatable bonds is 8. The van der Waals surface area contributed by atoms with Gasteiger partial charge in [-0.15, -0.1) is 0 Å². The van der Waals surface area contributed by atoms with E-state index in [2.05, 4.69) is 36.5 Å². The molecule has 1 unspecified atom stereocenters. The molecule has 1 aliphatic rings. The molecule has 0 aliphatic heterocycles. The number of sulfonamides is 1. The van der Waals surface area contributed by atoms with Crippen LogP contribution < -0.4 is 10.5 Å². The third-order valence-electron chi connectivity index (χ3n) is 5.09. The maximum Gasteiger partial charge on any atom is 0.238 e. The van der Waals surface area contributed by atoms with E-state index in [1.54, 1.807) is 12.1 Å². The second-order valence-electron chi connectivity index (χ2n) is 7.35. The second kappa shape index (κ2) is 8.23. The fourth-order valence-corrected chi connectivity index (χ4v) is 3.85. The molecule has 6 heteroatoms. The lowest BCUT2D eigenvalue weighted by Crippen LogP contribution is -2.27. The Kier molecular flexibility index (Phi) is 5.97. The van der Waals surface area contributed by atoms with Crippen LogP contribution in [0.5, 0.6) is 0 Å². The first-order chi connectivity index (χ1) is 12.8. The predicted octanol–water partition coefficient (Wildman–Crippen LogP) is 2.89. The fourth-order valence-electron chi connectivity index (χ4n) is 3.33. The summed E-state index contributed by atoms with van der Waals surface area (Å²) in [5.74, 6) is 0.970. The van der Waals surface area contributed by atoms with E-state index in [4.69, 9.17) is 5.14 Å². The number of benzene rings is 2. The number of nitrogens with two attached hydrogens (primary N) is 1. The van der Waals surface area contributed by atoms with Crippen molar-refractivity contribution in [3.8, 4) is 0 Å². The van der Waals surface area contributed by atoms with Crippen LogP contribution in [0.25, 0.3) is 0 Å². The predicted molar refractivity (Wildman–Crippen MR) is 106 cm³/mol. The molecule has 1 amide bonds. The van der Waals surface area contributed by atoms with E-state index in [1.807, 2.05) is 0 Å². The van der Waals surface area contributed by atoms with E-state index >= 15 is 0 Å². The van der Waals surface area contributed by atoms with E-state index in [-0.39, 0.29) is 10.8 Å². The molecule has 144 valence electrons. The number of hydrogen-bond acceptors (Lipinski definition) is 3. The zero-order chi connectivity index (χ0) is 19.4. The zero-order valence-electron chi connectivity index (χ0n) is 15.5. The molecular weight excluding hydrogens is 360 g/mol. The molecule has 0 bridgehead atoms. The standard InChI is InChI=1S/C21H26N2O3S/c1-15-2-6-17(7-3-15)20(18-8-9-18)14-21(24)23-13-12-16-4-10-19(11-5-16)27(22,25)26/h2-7,10-11,18,20H,8-9,12-14H2,1H3,(H,23,24)(H2,22,25,26). The summed E-state index contributed by atoms with van der Waals surface area (Å²) in [7, 11) is -3.67. The number of primary sulfonamides is 1. The summed E-state index contributed by atoms with van der Waals surface area (Å²) in [6.45, 7) is 2.59. The van der Waals surface area contributed by atoms with Gasteiger partial charge in [0.15, 0.2) is 0 Å². The Morgan fingerprint density at radius 1 is 1.11 bits per heavy atom. The molecule has 3 N–H and O–H groups in total. The van der Waals surface area contributed by atoms with Gasteiger partial charge in [0.1, 0.15) is 0 Å². The Morgan fingerprint density at radius 3 is 2.30 bits per heavy atom. The minimum absolute atomic E-state index is 0.0635. The summed E-state index contributed by atoms with van der Waals surface area (Å²) in [5.41, 5.74) is 3.43. The maximum atomic E-state index is 12.4. The van der Waals surface area contributed by atoms with Crippen molar-refractivity contribution in [2.24, 2.45) is 11.1 Å². The third kappa shape index (κ3) is 5.65.